The zero-order valence-electron chi connectivity index (χ0n) is 27.7. The molecule has 0 aliphatic heterocycles. The van der Waals surface area contributed by atoms with Gasteiger partial charge < -0.3 is 13.7 Å². The number of rotatable bonds is 6. The Hall–Kier alpha value is -6.84. The number of anilines is 3. The Labute approximate surface area is 295 Å². The average Bonchev–Trinajstić information content (AvgIpc) is 3.76. The van der Waals surface area contributed by atoms with Gasteiger partial charge in [-0.2, -0.15) is 0 Å². The van der Waals surface area contributed by atoms with E-state index in [9.17, 15) is 0 Å². The zero-order valence-corrected chi connectivity index (χ0v) is 27.7. The number of furan rings is 2. The van der Waals surface area contributed by atoms with Crippen LogP contribution in [0.4, 0.5) is 17.1 Å². The van der Waals surface area contributed by atoms with Crippen LogP contribution in [0.25, 0.3) is 77.3 Å². The lowest BCUT2D eigenvalue weighted by Gasteiger charge is -2.28. The standard InChI is InChI=1S/C48H31NO2/c1-3-11-32(12-4-1)33-19-21-34(22-20-33)35-23-26-38(27-24-35)49(37-13-5-2-6-14-37)44-31-48-43(40-16-8-10-18-46(40)51-48)30-42(44)36-25-28-41-39-15-7-9-17-45(39)50-47(41)29-36/h1-31H. The van der Waals surface area contributed by atoms with Gasteiger partial charge >= 0.3 is 0 Å². The van der Waals surface area contributed by atoms with Crippen LogP contribution in [0.1, 0.15) is 0 Å². The van der Waals surface area contributed by atoms with Gasteiger partial charge in [0.05, 0.1) is 5.69 Å². The summed E-state index contributed by atoms with van der Waals surface area (Å²) < 4.78 is 12.9. The van der Waals surface area contributed by atoms with E-state index in [1.165, 1.54) is 16.7 Å². The molecule has 3 nitrogen and oxygen atoms in total. The van der Waals surface area contributed by atoms with Gasteiger partial charge in [-0.05, 0) is 82.4 Å². The first-order valence-electron chi connectivity index (χ1n) is 17.2. The molecule has 240 valence electrons. The highest BCUT2D eigenvalue weighted by Crippen LogP contribution is 2.46. The molecule has 2 heterocycles. The summed E-state index contributed by atoms with van der Waals surface area (Å²) in [6.07, 6.45) is 0. The summed E-state index contributed by atoms with van der Waals surface area (Å²) in [4.78, 5) is 2.33. The first-order valence-corrected chi connectivity index (χ1v) is 17.2. The molecule has 0 saturated carbocycles. The highest BCUT2D eigenvalue weighted by molar-refractivity contribution is 6.11. The fourth-order valence-electron chi connectivity index (χ4n) is 7.36. The summed E-state index contributed by atoms with van der Waals surface area (Å²) >= 11 is 0. The van der Waals surface area contributed by atoms with Gasteiger partial charge in [0.2, 0.25) is 0 Å². The van der Waals surface area contributed by atoms with E-state index in [0.29, 0.717) is 0 Å². The van der Waals surface area contributed by atoms with E-state index < -0.39 is 0 Å². The highest BCUT2D eigenvalue weighted by Gasteiger charge is 2.21. The summed E-state index contributed by atoms with van der Waals surface area (Å²) in [5.74, 6) is 0. The Balaban J connectivity index is 1.14. The van der Waals surface area contributed by atoms with E-state index in [2.05, 4.69) is 169 Å². The summed E-state index contributed by atoms with van der Waals surface area (Å²) in [7, 11) is 0. The van der Waals surface area contributed by atoms with Crippen molar-refractivity contribution in [1.29, 1.82) is 0 Å². The van der Waals surface area contributed by atoms with Gasteiger partial charge in [-0.25, -0.2) is 0 Å². The second-order valence-electron chi connectivity index (χ2n) is 12.9. The molecule has 51 heavy (non-hydrogen) atoms. The number of fused-ring (bicyclic) bond motifs is 6. The van der Waals surface area contributed by atoms with Crippen molar-refractivity contribution in [1.82, 2.24) is 0 Å². The van der Waals surface area contributed by atoms with Crippen LogP contribution in [0.15, 0.2) is 197 Å². The normalized spacial score (nSPS) is 11.5. The van der Waals surface area contributed by atoms with Crippen LogP contribution in [0.2, 0.25) is 0 Å². The van der Waals surface area contributed by atoms with Crippen molar-refractivity contribution >= 4 is 60.9 Å². The molecule has 0 radical (unpaired) electrons. The first-order chi connectivity index (χ1) is 25.3. The number of para-hydroxylation sites is 3. The van der Waals surface area contributed by atoms with Crippen molar-refractivity contribution in [3.05, 3.63) is 188 Å². The van der Waals surface area contributed by atoms with Crippen LogP contribution in [-0.4, -0.2) is 0 Å². The lowest BCUT2D eigenvalue weighted by Crippen LogP contribution is -2.11. The van der Waals surface area contributed by atoms with Crippen LogP contribution in [0.5, 0.6) is 0 Å². The van der Waals surface area contributed by atoms with Gasteiger partial charge in [0.1, 0.15) is 22.3 Å². The van der Waals surface area contributed by atoms with Crippen LogP contribution >= 0.6 is 0 Å². The van der Waals surface area contributed by atoms with Crippen molar-refractivity contribution < 1.29 is 8.83 Å². The second kappa shape index (κ2) is 11.9. The molecule has 0 aliphatic carbocycles. The number of hydrogen-bond donors (Lipinski definition) is 0. The largest absolute Gasteiger partial charge is 0.456 e. The summed E-state index contributed by atoms with van der Waals surface area (Å²) in [5.41, 5.74) is 13.5. The minimum absolute atomic E-state index is 0.843. The Kier molecular flexibility index (Phi) is 6.81. The number of nitrogens with zero attached hydrogens (tertiary/aromatic N) is 1. The predicted molar refractivity (Wildman–Crippen MR) is 212 cm³/mol. The lowest BCUT2D eigenvalue weighted by molar-refractivity contribution is 0.669. The molecule has 0 spiro atoms. The SMILES string of the molecule is c1ccc(-c2ccc(-c3ccc(N(c4ccccc4)c4cc5oc6ccccc6c5cc4-c4ccc5c(c4)oc4ccccc45)cc3)cc2)cc1. The molecule has 0 atom stereocenters. The molecule has 8 aromatic carbocycles. The minimum Gasteiger partial charge on any atom is -0.456 e. The first kappa shape index (κ1) is 29.1. The Morgan fingerprint density at radius 2 is 0.745 bits per heavy atom. The maximum absolute atomic E-state index is 6.49. The van der Waals surface area contributed by atoms with E-state index in [1.54, 1.807) is 0 Å². The molecule has 2 aromatic heterocycles. The summed E-state index contributed by atoms with van der Waals surface area (Å²) in [6.45, 7) is 0. The molecule has 10 rings (SSSR count). The number of benzene rings is 8. The highest BCUT2D eigenvalue weighted by atomic mass is 16.3. The number of hydrogen-bond acceptors (Lipinski definition) is 3. The third-order valence-electron chi connectivity index (χ3n) is 9.89. The van der Waals surface area contributed by atoms with Crippen molar-refractivity contribution in [2.75, 3.05) is 4.90 Å². The molecule has 10 aromatic rings. The van der Waals surface area contributed by atoms with Crippen LogP contribution in [0.3, 0.4) is 0 Å². The van der Waals surface area contributed by atoms with Gasteiger partial charge in [-0.1, -0.05) is 127 Å². The van der Waals surface area contributed by atoms with Gasteiger partial charge in [-0.3, -0.25) is 0 Å². The molecular formula is C48H31NO2. The quantitative estimate of drug-likeness (QED) is 0.179. The van der Waals surface area contributed by atoms with E-state index in [-0.39, 0.29) is 0 Å². The summed E-state index contributed by atoms with van der Waals surface area (Å²) in [6, 6.07) is 66.2. The fourth-order valence-corrected chi connectivity index (χ4v) is 7.36. The molecule has 0 unspecified atom stereocenters. The second-order valence-corrected chi connectivity index (χ2v) is 12.9. The smallest absolute Gasteiger partial charge is 0.137 e. The van der Waals surface area contributed by atoms with Crippen LogP contribution in [0, 0.1) is 0 Å². The monoisotopic (exact) mass is 653 g/mol. The van der Waals surface area contributed by atoms with Crippen molar-refractivity contribution in [2.24, 2.45) is 0 Å². The maximum Gasteiger partial charge on any atom is 0.137 e. The molecule has 0 saturated heterocycles. The molecule has 3 heteroatoms. The van der Waals surface area contributed by atoms with Crippen molar-refractivity contribution in [2.45, 2.75) is 0 Å². The predicted octanol–water partition coefficient (Wildman–Crippen LogP) is 14.0. The fraction of sp³-hybridized carbons (Fsp3) is 0. The molecule has 0 aliphatic rings. The van der Waals surface area contributed by atoms with Crippen molar-refractivity contribution in [3.63, 3.8) is 0 Å². The Morgan fingerprint density at radius 1 is 0.294 bits per heavy atom. The third-order valence-corrected chi connectivity index (χ3v) is 9.89. The van der Waals surface area contributed by atoms with Gasteiger partial charge in [-0.15, -0.1) is 0 Å². The Morgan fingerprint density at radius 3 is 1.39 bits per heavy atom. The molecule has 0 amide bonds. The maximum atomic E-state index is 6.49. The zero-order chi connectivity index (χ0) is 33.7. The minimum atomic E-state index is 0.843. The molecule has 0 N–H and O–H groups in total. The van der Waals surface area contributed by atoms with E-state index in [1.807, 2.05) is 24.3 Å². The van der Waals surface area contributed by atoms with Crippen molar-refractivity contribution in [3.8, 4) is 33.4 Å². The Bertz CT molecular complexity index is 2830. The van der Waals surface area contributed by atoms with E-state index >= 15 is 0 Å². The van der Waals surface area contributed by atoms with Gasteiger partial charge in [0, 0.05) is 44.5 Å². The third kappa shape index (κ3) is 5.06. The summed E-state index contributed by atoms with van der Waals surface area (Å²) in [5, 5.41) is 4.41. The van der Waals surface area contributed by atoms with Gasteiger partial charge in [0.25, 0.3) is 0 Å². The van der Waals surface area contributed by atoms with E-state index in [0.717, 1.165) is 77.6 Å². The molecular weight excluding hydrogens is 623 g/mol. The van der Waals surface area contributed by atoms with Crippen LogP contribution < -0.4 is 4.90 Å². The molecule has 0 fully saturated rings. The van der Waals surface area contributed by atoms with Crippen LogP contribution in [-0.2, 0) is 0 Å². The van der Waals surface area contributed by atoms with Gasteiger partial charge in [0.15, 0.2) is 0 Å². The topological polar surface area (TPSA) is 29.5 Å². The lowest BCUT2D eigenvalue weighted by atomic mass is 9.97. The molecule has 0 bridgehead atoms. The van der Waals surface area contributed by atoms with E-state index in [4.69, 9.17) is 8.83 Å². The average molecular weight is 654 g/mol.